The van der Waals surface area contributed by atoms with E-state index in [1.807, 2.05) is 50.3 Å². The average Bonchev–Trinajstić information content (AvgIpc) is 3.03. The molecule has 170 valence electrons. The molecular formula is C26H36O5. The highest BCUT2D eigenvalue weighted by Gasteiger charge is 2.41. The van der Waals surface area contributed by atoms with Crippen molar-refractivity contribution in [2.75, 3.05) is 0 Å². The van der Waals surface area contributed by atoms with Crippen LogP contribution in [0, 0.1) is 17.8 Å². The number of carbonyl (C=O) groups is 1. The molecule has 0 saturated heterocycles. The number of fused-ring (bicyclic) bond motifs is 1. The Kier molecular flexibility index (Phi) is 7.95. The highest BCUT2D eigenvalue weighted by Crippen LogP contribution is 2.46. The molecule has 0 aromatic heterocycles. The zero-order chi connectivity index (χ0) is 22.4. The van der Waals surface area contributed by atoms with Gasteiger partial charge in [-0.3, -0.25) is 4.79 Å². The Hall–Kier alpha value is -2.11. The molecule has 1 fully saturated rings. The highest BCUT2D eigenvalue weighted by atomic mass is 16.5. The third-order valence-corrected chi connectivity index (χ3v) is 6.74. The number of unbranched alkanes of at least 4 members (excludes halogenated alkanes) is 1. The lowest BCUT2D eigenvalue weighted by Crippen LogP contribution is -2.41. The summed E-state index contributed by atoms with van der Waals surface area (Å²) in [6.07, 6.45) is 10.5. The van der Waals surface area contributed by atoms with Crippen molar-refractivity contribution < 1.29 is 24.9 Å². The van der Waals surface area contributed by atoms with Gasteiger partial charge in [0.05, 0.1) is 6.10 Å². The molecule has 5 heteroatoms. The van der Waals surface area contributed by atoms with E-state index in [-0.39, 0.29) is 12.3 Å². The van der Waals surface area contributed by atoms with Gasteiger partial charge < -0.3 is 20.1 Å². The van der Waals surface area contributed by atoms with Crippen molar-refractivity contribution >= 4 is 5.97 Å². The van der Waals surface area contributed by atoms with Gasteiger partial charge in [-0.05, 0) is 76.3 Å². The van der Waals surface area contributed by atoms with Gasteiger partial charge in [-0.15, -0.1) is 0 Å². The van der Waals surface area contributed by atoms with Crippen LogP contribution in [0.3, 0.4) is 0 Å². The van der Waals surface area contributed by atoms with Crippen molar-refractivity contribution in [1.82, 2.24) is 0 Å². The second kappa shape index (κ2) is 10.5. The largest absolute Gasteiger partial charge is 0.485 e. The maximum atomic E-state index is 10.7. The Balaban J connectivity index is 1.56. The van der Waals surface area contributed by atoms with Crippen LogP contribution < -0.4 is 4.74 Å². The van der Waals surface area contributed by atoms with Crippen molar-refractivity contribution in [3.05, 3.63) is 54.1 Å². The summed E-state index contributed by atoms with van der Waals surface area (Å²) in [6.45, 7) is 3.73. The summed E-state index contributed by atoms with van der Waals surface area (Å²) in [5, 5.41) is 30.2. The van der Waals surface area contributed by atoms with Gasteiger partial charge in [-0.25, -0.2) is 0 Å². The summed E-state index contributed by atoms with van der Waals surface area (Å²) in [5.74, 6) is 0.773. The Morgan fingerprint density at radius 2 is 2.00 bits per heavy atom. The Labute approximate surface area is 185 Å². The van der Waals surface area contributed by atoms with Crippen molar-refractivity contribution in [2.45, 2.75) is 76.6 Å². The predicted molar refractivity (Wildman–Crippen MR) is 121 cm³/mol. The Bertz CT molecular complexity index is 782. The number of aliphatic hydroxyl groups is 2. The van der Waals surface area contributed by atoms with Crippen LogP contribution in [0.1, 0.15) is 58.8 Å². The van der Waals surface area contributed by atoms with E-state index in [0.717, 1.165) is 32.1 Å². The number of aliphatic carboxylic acids is 1. The standard InChI is InChI=1S/C26H36O5/c1-26(2,31-20-9-4-3-5-10-20)24(28)15-14-22-21-13-12-18(8-6-7-11-25(29)30)16-19(21)17-23(22)27/h3-5,9-10,14-16,19,21-24,27-28H,6-8,11-13,17H2,1-2H3,(H,29,30)/b15-14+/t19-,21-,22+,23+,24-/m1/s1. The van der Waals surface area contributed by atoms with Crippen molar-refractivity contribution in [3.8, 4) is 5.75 Å². The maximum Gasteiger partial charge on any atom is 0.303 e. The van der Waals surface area contributed by atoms with E-state index >= 15 is 0 Å². The fourth-order valence-electron chi connectivity index (χ4n) is 4.94. The molecule has 5 atom stereocenters. The van der Waals surface area contributed by atoms with E-state index in [9.17, 15) is 15.0 Å². The molecular weight excluding hydrogens is 392 g/mol. The summed E-state index contributed by atoms with van der Waals surface area (Å²) in [7, 11) is 0. The van der Waals surface area contributed by atoms with Crippen LogP contribution in [0.25, 0.3) is 0 Å². The molecule has 3 N–H and O–H groups in total. The predicted octanol–water partition coefficient (Wildman–Crippen LogP) is 4.74. The van der Waals surface area contributed by atoms with Crippen molar-refractivity contribution in [2.24, 2.45) is 17.8 Å². The molecule has 1 aromatic rings. The number of aliphatic hydroxyl groups excluding tert-OH is 2. The summed E-state index contributed by atoms with van der Waals surface area (Å²) in [5.41, 5.74) is 0.622. The molecule has 3 rings (SSSR count). The number of ether oxygens (including phenoxy) is 1. The van der Waals surface area contributed by atoms with Gasteiger partial charge in [0.2, 0.25) is 0 Å². The first-order chi connectivity index (χ1) is 14.8. The van der Waals surface area contributed by atoms with Crippen LogP contribution in [0.2, 0.25) is 0 Å². The summed E-state index contributed by atoms with van der Waals surface area (Å²) in [6, 6.07) is 9.47. The third kappa shape index (κ3) is 6.44. The minimum atomic E-state index is -0.789. The Morgan fingerprint density at radius 1 is 1.26 bits per heavy atom. The maximum absolute atomic E-state index is 10.7. The molecule has 2 aliphatic carbocycles. The number of hydrogen-bond acceptors (Lipinski definition) is 4. The van der Waals surface area contributed by atoms with Crippen LogP contribution >= 0.6 is 0 Å². The van der Waals surface area contributed by atoms with E-state index < -0.39 is 23.8 Å². The van der Waals surface area contributed by atoms with E-state index in [1.54, 1.807) is 6.08 Å². The fourth-order valence-corrected chi connectivity index (χ4v) is 4.94. The number of para-hydroxylation sites is 1. The van der Waals surface area contributed by atoms with Gasteiger partial charge in [0.1, 0.15) is 17.5 Å². The molecule has 1 aromatic carbocycles. The van der Waals surface area contributed by atoms with E-state index in [4.69, 9.17) is 9.84 Å². The van der Waals surface area contributed by atoms with E-state index in [1.165, 1.54) is 5.57 Å². The van der Waals surface area contributed by atoms with Crippen LogP contribution in [-0.4, -0.2) is 39.1 Å². The second-order valence-corrected chi connectivity index (χ2v) is 9.52. The molecule has 0 amide bonds. The summed E-state index contributed by atoms with van der Waals surface area (Å²) >= 11 is 0. The molecule has 0 heterocycles. The number of carboxylic acids is 1. The van der Waals surface area contributed by atoms with E-state index in [2.05, 4.69) is 6.08 Å². The number of rotatable bonds is 10. The second-order valence-electron chi connectivity index (χ2n) is 9.52. The zero-order valence-corrected chi connectivity index (χ0v) is 18.6. The van der Waals surface area contributed by atoms with Crippen molar-refractivity contribution in [3.63, 3.8) is 0 Å². The fraction of sp³-hybridized carbons (Fsp3) is 0.577. The molecule has 2 aliphatic rings. The number of allylic oxidation sites excluding steroid dienone is 2. The molecule has 0 radical (unpaired) electrons. The average molecular weight is 429 g/mol. The smallest absolute Gasteiger partial charge is 0.303 e. The van der Waals surface area contributed by atoms with Gasteiger partial charge in [-0.2, -0.15) is 0 Å². The zero-order valence-electron chi connectivity index (χ0n) is 18.6. The van der Waals surface area contributed by atoms with Crippen LogP contribution in [0.4, 0.5) is 0 Å². The molecule has 1 saturated carbocycles. The topological polar surface area (TPSA) is 87.0 Å². The first-order valence-corrected chi connectivity index (χ1v) is 11.5. The van der Waals surface area contributed by atoms with Gasteiger partial charge >= 0.3 is 5.97 Å². The number of benzene rings is 1. The van der Waals surface area contributed by atoms with Crippen molar-refractivity contribution in [1.29, 1.82) is 0 Å². The quantitative estimate of drug-likeness (QED) is 0.370. The van der Waals surface area contributed by atoms with Crippen LogP contribution in [0.15, 0.2) is 54.1 Å². The van der Waals surface area contributed by atoms with E-state index in [0.29, 0.717) is 24.0 Å². The monoisotopic (exact) mass is 428 g/mol. The molecule has 5 nitrogen and oxygen atoms in total. The molecule has 0 aliphatic heterocycles. The number of carboxylic acid groups (broad SMARTS) is 1. The molecule has 31 heavy (non-hydrogen) atoms. The lowest BCUT2D eigenvalue weighted by molar-refractivity contribution is -0.137. The SMILES string of the molecule is CC(C)(Oc1ccccc1)[C@H](O)/C=C/[C@H]1[C@@H]2CCC(CCCCC(=O)O)=C[C@@H]2C[C@@H]1O. The Morgan fingerprint density at radius 3 is 2.71 bits per heavy atom. The number of hydrogen-bond donors (Lipinski definition) is 3. The lowest BCUT2D eigenvalue weighted by atomic mass is 9.78. The molecule has 0 bridgehead atoms. The van der Waals surface area contributed by atoms with Gasteiger partial charge in [0.25, 0.3) is 0 Å². The first-order valence-electron chi connectivity index (χ1n) is 11.5. The van der Waals surface area contributed by atoms with Crippen LogP contribution in [-0.2, 0) is 4.79 Å². The lowest BCUT2D eigenvalue weighted by Gasteiger charge is -2.31. The first kappa shape index (κ1) is 23.6. The normalized spacial score (nSPS) is 27.0. The van der Waals surface area contributed by atoms with Gasteiger partial charge in [-0.1, -0.05) is 42.0 Å². The molecule has 0 unspecified atom stereocenters. The third-order valence-electron chi connectivity index (χ3n) is 6.74. The molecule has 0 spiro atoms. The van der Waals surface area contributed by atoms with Gasteiger partial charge in [0, 0.05) is 12.3 Å². The minimum absolute atomic E-state index is 0.0389. The van der Waals surface area contributed by atoms with Gasteiger partial charge in [0.15, 0.2) is 0 Å². The minimum Gasteiger partial charge on any atom is -0.485 e. The summed E-state index contributed by atoms with van der Waals surface area (Å²) in [4.78, 5) is 10.7. The highest BCUT2D eigenvalue weighted by molar-refractivity contribution is 5.66. The summed E-state index contributed by atoms with van der Waals surface area (Å²) < 4.78 is 5.98. The van der Waals surface area contributed by atoms with Crippen LogP contribution in [0.5, 0.6) is 5.75 Å².